The van der Waals surface area contributed by atoms with Crippen LogP contribution in [0.5, 0.6) is 0 Å². The van der Waals surface area contributed by atoms with Gasteiger partial charge in [-0.1, -0.05) is 42.8 Å². The monoisotopic (exact) mass is 301 g/mol. The molecule has 0 aliphatic rings. The first-order valence-electron chi connectivity index (χ1n) is 7.59. The van der Waals surface area contributed by atoms with Crippen LogP contribution in [-0.2, 0) is 0 Å². The molecule has 2 heteroatoms. The molecule has 1 atom stereocenters. The number of aryl methyl sites for hydroxylation is 3. The zero-order valence-electron chi connectivity index (χ0n) is 13.3. The highest BCUT2D eigenvalue weighted by Crippen LogP contribution is 2.28. The molecule has 1 N–H and O–H groups in total. The Balaban J connectivity index is 2.44. The molecule has 2 rings (SSSR count). The highest BCUT2D eigenvalue weighted by Gasteiger charge is 2.16. The van der Waals surface area contributed by atoms with Crippen LogP contribution in [0.2, 0.25) is 5.02 Å². The predicted octanol–water partition coefficient (Wildman–Crippen LogP) is 5.35. The second kappa shape index (κ2) is 7.11. The van der Waals surface area contributed by atoms with Gasteiger partial charge in [0.25, 0.3) is 0 Å². The van der Waals surface area contributed by atoms with E-state index in [4.69, 9.17) is 11.6 Å². The van der Waals surface area contributed by atoms with E-state index < -0.39 is 0 Å². The van der Waals surface area contributed by atoms with Crippen molar-refractivity contribution < 1.29 is 0 Å². The molecule has 0 radical (unpaired) electrons. The van der Waals surface area contributed by atoms with Crippen molar-refractivity contribution in [2.45, 2.75) is 40.2 Å². The van der Waals surface area contributed by atoms with Gasteiger partial charge in [-0.3, -0.25) is 0 Å². The largest absolute Gasteiger partial charge is 0.306 e. The summed E-state index contributed by atoms with van der Waals surface area (Å²) in [6.45, 7) is 9.65. The Hall–Kier alpha value is -1.31. The molecule has 21 heavy (non-hydrogen) atoms. The average molecular weight is 302 g/mol. The van der Waals surface area contributed by atoms with Gasteiger partial charge in [0.1, 0.15) is 0 Å². The first-order valence-corrected chi connectivity index (χ1v) is 7.97. The summed E-state index contributed by atoms with van der Waals surface area (Å²) < 4.78 is 0. The fourth-order valence-corrected chi connectivity index (χ4v) is 2.83. The highest BCUT2D eigenvalue weighted by molar-refractivity contribution is 6.30. The minimum Gasteiger partial charge on any atom is -0.306 e. The van der Waals surface area contributed by atoms with Crippen molar-refractivity contribution in [1.29, 1.82) is 0 Å². The zero-order valence-corrected chi connectivity index (χ0v) is 14.1. The van der Waals surface area contributed by atoms with Crippen LogP contribution in [0.25, 0.3) is 0 Å². The molecule has 0 fully saturated rings. The molecule has 2 aromatic rings. The second-order valence-corrected chi connectivity index (χ2v) is 6.17. The average Bonchev–Trinajstić information content (AvgIpc) is 2.44. The van der Waals surface area contributed by atoms with Crippen LogP contribution in [0.3, 0.4) is 0 Å². The zero-order chi connectivity index (χ0) is 15.4. The van der Waals surface area contributed by atoms with E-state index in [9.17, 15) is 0 Å². The third-order valence-corrected chi connectivity index (χ3v) is 4.24. The Labute approximate surface area is 133 Å². The molecule has 0 heterocycles. The first-order chi connectivity index (χ1) is 10.0. The quantitative estimate of drug-likeness (QED) is 0.784. The van der Waals surface area contributed by atoms with Gasteiger partial charge in [-0.2, -0.15) is 0 Å². The first kappa shape index (κ1) is 16.1. The van der Waals surface area contributed by atoms with E-state index in [1.165, 1.54) is 27.8 Å². The van der Waals surface area contributed by atoms with Crippen molar-refractivity contribution in [3.63, 3.8) is 0 Å². The summed E-state index contributed by atoms with van der Waals surface area (Å²) in [5, 5.41) is 4.46. The van der Waals surface area contributed by atoms with Gasteiger partial charge in [0.05, 0.1) is 6.04 Å². The topological polar surface area (TPSA) is 12.0 Å². The number of benzene rings is 2. The smallest absolute Gasteiger partial charge is 0.0579 e. The summed E-state index contributed by atoms with van der Waals surface area (Å²) in [7, 11) is 0. The Kier molecular flexibility index (Phi) is 5.44. The molecule has 0 saturated heterocycles. The molecule has 0 aliphatic heterocycles. The van der Waals surface area contributed by atoms with E-state index in [1.807, 2.05) is 12.1 Å². The molecule has 0 spiro atoms. The van der Waals surface area contributed by atoms with Crippen LogP contribution in [0.4, 0.5) is 0 Å². The fourth-order valence-electron chi connectivity index (χ4n) is 2.60. The van der Waals surface area contributed by atoms with Crippen LogP contribution < -0.4 is 5.32 Å². The lowest BCUT2D eigenvalue weighted by Crippen LogP contribution is -2.24. The summed E-state index contributed by atoms with van der Waals surface area (Å²) >= 11 is 6.10. The van der Waals surface area contributed by atoms with Crippen molar-refractivity contribution in [2.24, 2.45) is 0 Å². The minimum atomic E-state index is 0.224. The summed E-state index contributed by atoms with van der Waals surface area (Å²) in [5.41, 5.74) is 6.52. The minimum absolute atomic E-state index is 0.224. The van der Waals surface area contributed by atoms with Crippen molar-refractivity contribution in [3.05, 3.63) is 69.2 Å². The second-order valence-electron chi connectivity index (χ2n) is 5.73. The van der Waals surface area contributed by atoms with Gasteiger partial charge < -0.3 is 5.32 Å². The maximum atomic E-state index is 6.10. The van der Waals surface area contributed by atoms with Crippen molar-refractivity contribution >= 4 is 11.6 Å². The Morgan fingerprint density at radius 2 is 1.71 bits per heavy atom. The van der Waals surface area contributed by atoms with Crippen LogP contribution in [0.1, 0.15) is 47.2 Å². The molecule has 1 nitrogen and oxygen atoms in total. The molecule has 0 aromatic heterocycles. The molecule has 0 bridgehead atoms. The van der Waals surface area contributed by atoms with E-state index in [0.29, 0.717) is 0 Å². The number of hydrogen-bond donors (Lipinski definition) is 1. The van der Waals surface area contributed by atoms with Gasteiger partial charge in [-0.05, 0) is 73.7 Å². The standard InChI is InChI=1S/C19H24ClN/c1-5-10-21-19(16-7-6-13(2)14(3)11-16)18-9-8-17(20)12-15(18)4/h6-9,11-12,19,21H,5,10H2,1-4H3. The van der Waals surface area contributed by atoms with Gasteiger partial charge in [-0.15, -0.1) is 0 Å². The number of hydrogen-bond acceptors (Lipinski definition) is 1. The van der Waals surface area contributed by atoms with Gasteiger partial charge in [0, 0.05) is 5.02 Å². The molecule has 112 valence electrons. The molecule has 2 aromatic carbocycles. The third-order valence-electron chi connectivity index (χ3n) is 4.01. The molecule has 0 amide bonds. The lowest BCUT2D eigenvalue weighted by molar-refractivity contribution is 0.596. The Morgan fingerprint density at radius 1 is 0.952 bits per heavy atom. The maximum Gasteiger partial charge on any atom is 0.0579 e. The van der Waals surface area contributed by atoms with Gasteiger partial charge in [0.15, 0.2) is 0 Å². The van der Waals surface area contributed by atoms with Crippen molar-refractivity contribution in [3.8, 4) is 0 Å². The third kappa shape index (κ3) is 3.87. The molecule has 0 aliphatic carbocycles. The van der Waals surface area contributed by atoms with Crippen LogP contribution in [0.15, 0.2) is 36.4 Å². The highest BCUT2D eigenvalue weighted by atomic mass is 35.5. The van der Waals surface area contributed by atoms with E-state index in [0.717, 1.165) is 18.0 Å². The Morgan fingerprint density at radius 3 is 2.33 bits per heavy atom. The van der Waals surface area contributed by atoms with Gasteiger partial charge in [0.2, 0.25) is 0 Å². The number of rotatable bonds is 5. The van der Waals surface area contributed by atoms with E-state index in [2.05, 4.69) is 57.3 Å². The summed E-state index contributed by atoms with van der Waals surface area (Å²) in [5.74, 6) is 0. The molecule has 1 unspecified atom stereocenters. The van der Waals surface area contributed by atoms with E-state index in [1.54, 1.807) is 0 Å². The van der Waals surface area contributed by atoms with Crippen LogP contribution in [-0.4, -0.2) is 6.54 Å². The number of halogens is 1. The van der Waals surface area contributed by atoms with Crippen molar-refractivity contribution in [1.82, 2.24) is 5.32 Å². The summed E-state index contributed by atoms with van der Waals surface area (Å²) in [6.07, 6.45) is 1.12. The SMILES string of the molecule is CCCNC(c1ccc(C)c(C)c1)c1ccc(Cl)cc1C. The number of nitrogens with one attached hydrogen (secondary N) is 1. The lowest BCUT2D eigenvalue weighted by Gasteiger charge is -2.22. The van der Waals surface area contributed by atoms with Crippen LogP contribution >= 0.6 is 11.6 Å². The predicted molar refractivity (Wildman–Crippen MR) is 92.2 cm³/mol. The van der Waals surface area contributed by atoms with E-state index >= 15 is 0 Å². The van der Waals surface area contributed by atoms with Gasteiger partial charge >= 0.3 is 0 Å². The fraction of sp³-hybridized carbons (Fsp3) is 0.368. The Bertz CT molecular complexity index is 619. The van der Waals surface area contributed by atoms with Crippen LogP contribution in [0, 0.1) is 20.8 Å². The summed E-state index contributed by atoms with van der Waals surface area (Å²) in [6, 6.07) is 13.1. The normalized spacial score (nSPS) is 12.4. The maximum absolute atomic E-state index is 6.10. The van der Waals surface area contributed by atoms with E-state index in [-0.39, 0.29) is 6.04 Å². The lowest BCUT2D eigenvalue weighted by atomic mass is 9.93. The van der Waals surface area contributed by atoms with Crippen molar-refractivity contribution in [2.75, 3.05) is 6.54 Å². The molecular weight excluding hydrogens is 278 g/mol. The molecular formula is C19H24ClN. The van der Waals surface area contributed by atoms with Gasteiger partial charge in [-0.25, -0.2) is 0 Å². The summed E-state index contributed by atoms with van der Waals surface area (Å²) in [4.78, 5) is 0. The molecule has 0 saturated carbocycles.